The molecule has 0 spiro atoms. The quantitative estimate of drug-likeness (QED) is 0.100. The van der Waals surface area contributed by atoms with Crippen LogP contribution in [0.3, 0.4) is 0 Å². The summed E-state index contributed by atoms with van der Waals surface area (Å²) < 4.78 is 23.4. The van der Waals surface area contributed by atoms with Gasteiger partial charge in [0.15, 0.2) is 23.0 Å². The molecule has 0 unspecified atom stereocenters. The molecule has 2 N–H and O–H groups in total. The number of thiophene rings is 2. The number of aliphatic hydroxyl groups is 2. The predicted octanol–water partition coefficient (Wildman–Crippen LogP) is 7.82. The fraction of sp³-hybridized carbons (Fsp3) is 0.167. The minimum absolute atomic E-state index is 0. The summed E-state index contributed by atoms with van der Waals surface area (Å²) in [7, 11) is 2.00. The number of isothiocyanates is 2. The van der Waals surface area contributed by atoms with E-state index < -0.39 is 0 Å². The number of pyridine rings is 4. The number of aromatic nitrogens is 4. The molecule has 0 aliphatic carbocycles. The van der Waals surface area contributed by atoms with Crippen molar-refractivity contribution in [1.82, 2.24) is 19.9 Å². The molecule has 0 radical (unpaired) electrons. The molecule has 2 aliphatic rings. The van der Waals surface area contributed by atoms with Crippen molar-refractivity contribution >= 4 is 57.4 Å². The standard InChI is InChI=1S/2C16H12N2O2S.2CNS.2CH4O.Fe/c2*1-5-17-6-2-11(1)15-13-14(20-10-9-19-13)16(21-15)12-3-7-18-8-4-12;2*2-1-3;2*1-2;/h2*1-8H,9-10H2;;;2*2H,1H3;/q;;2*-1;;;+2. The van der Waals surface area contributed by atoms with Gasteiger partial charge in [-0.2, -0.15) is 10.3 Å². The third-order valence-electron chi connectivity index (χ3n) is 6.57. The van der Waals surface area contributed by atoms with E-state index in [1.807, 2.05) is 48.5 Å². The topological polar surface area (TPSA) is 174 Å². The van der Waals surface area contributed by atoms with Crippen LogP contribution in [0.25, 0.3) is 52.6 Å². The van der Waals surface area contributed by atoms with Crippen molar-refractivity contribution < 1.29 is 46.2 Å². The van der Waals surface area contributed by atoms with E-state index in [-0.39, 0.29) is 17.1 Å². The number of ether oxygens (including phenoxy) is 4. The van der Waals surface area contributed by atoms with Crippen molar-refractivity contribution in [3.63, 3.8) is 0 Å². The summed E-state index contributed by atoms with van der Waals surface area (Å²) in [6.45, 7) is 2.32. The Morgan fingerprint density at radius 1 is 0.472 bits per heavy atom. The fourth-order valence-electron chi connectivity index (χ4n) is 4.67. The number of hydrogen-bond acceptors (Lipinski definition) is 14. The average Bonchev–Trinajstić information content (AvgIpc) is 3.82. The van der Waals surface area contributed by atoms with E-state index in [0.29, 0.717) is 26.4 Å². The SMILES string of the molecule is CO.CO.[Fe+2].[N-]=C=S.[N-]=C=S.c1cc(-c2sc(-c3ccncc3)c3c2OCCO3)ccn1.c1cc(-c2sc(-c3ccncc3)c3c2OCCO3)ccn1. The van der Waals surface area contributed by atoms with Gasteiger partial charge in [0.2, 0.25) is 0 Å². The minimum Gasteiger partial charge on any atom is -0.753 e. The summed E-state index contributed by atoms with van der Waals surface area (Å²) in [5.74, 6) is 3.35. The maximum Gasteiger partial charge on any atom is 2.00 e. The molecule has 6 aromatic heterocycles. The second-order valence-corrected chi connectivity index (χ2v) is 11.8. The molecule has 6 aromatic rings. The van der Waals surface area contributed by atoms with E-state index in [1.165, 1.54) is 10.3 Å². The van der Waals surface area contributed by atoms with Gasteiger partial charge in [0, 0.05) is 63.8 Å². The molecule has 53 heavy (non-hydrogen) atoms. The number of rotatable bonds is 4. The molecule has 0 saturated heterocycles. The molecule has 2 aliphatic heterocycles. The Hall–Kier alpha value is -4.76. The molecule has 0 bridgehead atoms. The van der Waals surface area contributed by atoms with Crippen LogP contribution in [0.2, 0.25) is 0 Å². The first-order valence-corrected chi connectivity index (χ1v) is 17.5. The minimum atomic E-state index is 0. The van der Waals surface area contributed by atoms with Gasteiger partial charge in [0.1, 0.15) is 26.4 Å². The maximum atomic E-state index is 7.13. The van der Waals surface area contributed by atoms with Gasteiger partial charge in [0.05, 0.1) is 19.5 Å². The number of thiocarbonyl (C=S) groups is 2. The summed E-state index contributed by atoms with van der Waals surface area (Å²) in [4.78, 5) is 20.6. The molecule has 0 aromatic carbocycles. The van der Waals surface area contributed by atoms with E-state index in [2.05, 4.69) is 44.4 Å². The average molecular weight is 829 g/mol. The molecule has 17 heteroatoms. The molecule has 0 saturated carbocycles. The molecule has 0 amide bonds. The van der Waals surface area contributed by atoms with Gasteiger partial charge >= 0.3 is 17.1 Å². The third kappa shape index (κ3) is 12.1. The normalized spacial score (nSPS) is 10.9. The van der Waals surface area contributed by atoms with Crippen LogP contribution in [-0.2, 0) is 17.1 Å². The fourth-order valence-corrected chi connectivity index (χ4v) is 7.08. The van der Waals surface area contributed by atoms with Gasteiger partial charge in [-0.25, -0.2) is 0 Å². The van der Waals surface area contributed by atoms with Crippen LogP contribution in [0.15, 0.2) is 98.1 Å². The van der Waals surface area contributed by atoms with Crippen molar-refractivity contribution in [1.29, 1.82) is 0 Å². The molecule has 8 rings (SSSR count). The van der Waals surface area contributed by atoms with Crippen molar-refractivity contribution in [2.75, 3.05) is 40.6 Å². The first-order valence-electron chi connectivity index (χ1n) is 15.1. The van der Waals surface area contributed by atoms with Crippen LogP contribution >= 0.6 is 47.1 Å². The first kappa shape index (κ1) is 44.4. The Morgan fingerprint density at radius 3 is 0.811 bits per heavy atom. The summed E-state index contributed by atoms with van der Waals surface area (Å²) >= 11 is 10.7. The molecule has 0 atom stereocenters. The van der Waals surface area contributed by atoms with Gasteiger partial charge < -0.3 is 40.0 Å². The Balaban J connectivity index is 0.000000291. The summed E-state index contributed by atoms with van der Waals surface area (Å²) in [6, 6.07) is 15.9. The van der Waals surface area contributed by atoms with Crippen LogP contribution < -0.4 is 18.9 Å². The van der Waals surface area contributed by atoms with Crippen molar-refractivity contribution in [2.45, 2.75) is 0 Å². The van der Waals surface area contributed by atoms with Gasteiger partial charge in [-0.15, -0.1) is 22.7 Å². The second-order valence-electron chi connectivity index (χ2n) is 9.36. The molecule has 8 heterocycles. The zero-order valence-corrected chi connectivity index (χ0v) is 32.6. The van der Waals surface area contributed by atoms with E-state index in [4.69, 9.17) is 40.0 Å². The van der Waals surface area contributed by atoms with Crippen molar-refractivity contribution in [3.8, 4) is 64.8 Å². The zero-order chi connectivity index (χ0) is 37.6. The molecular weight excluding hydrogens is 797 g/mol. The van der Waals surface area contributed by atoms with Crippen molar-refractivity contribution in [2.24, 2.45) is 0 Å². The Morgan fingerprint density at radius 2 is 0.642 bits per heavy atom. The van der Waals surface area contributed by atoms with E-state index in [0.717, 1.165) is 79.0 Å². The monoisotopic (exact) mass is 828 g/mol. The molecule has 12 nitrogen and oxygen atoms in total. The van der Waals surface area contributed by atoms with Gasteiger partial charge in [-0.05, 0) is 70.8 Å². The van der Waals surface area contributed by atoms with E-state index >= 15 is 0 Å². The van der Waals surface area contributed by atoms with Crippen LogP contribution in [0, 0.1) is 0 Å². The van der Waals surface area contributed by atoms with Gasteiger partial charge in [-0.3, -0.25) is 19.9 Å². The van der Waals surface area contributed by atoms with Gasteiger partial charge in [0.25, 0.3) is 0 Å². The first-order chi connectivity index (χ1) is 25.7. The second kappa shape index (κ2) is 25.3. The van der Waals surface area contributed by atoms with Crippen LogP contribution in [0.1, 0.15) is 0 Å². The maximum absolute atomic E-state index is 7.13. The van der Waals surface area contributed by atoms with E-state index in [9.17, 15) is 0 Å². The van der Waals surface area contributed by atoms with Crippen LogP contribution in [-0.4, -0.2) is 81.1 Å². The van der Waals surface area contributed by atoms with Crippen LogP contribution in [0.4, 0.5) is 0 Å². The van der Waals surface area contributed by atoms with Crippen molar-refractivity contribution in [3.05, 3.63) is 109 Å². The molecule has 274 valence electrons. The van der Waals surface area contributed by atoms with Crippen LogP contribution in [0.5, 0.6) is 23.0 Å². The number of aliphatic hydroxyl groups excluding tert-OH is 2. The number of fused-ring (bicyclic) bond motifs is 2. The zero-order valence-electron chi connectivity index (χ0n) is 28.3. The largest absolute Gasteiger partial charge is 2.00 e. The summed E-state index contributed by atoms with van der Waals surface area (Å²) in [5, 5.41) is 30.9. The third-order valence-corrected chi connectivity index (χ3v) is 9.07. The van der Waals surface area contributed by atoms with E-state index in [1.54, 1.807) is 72.2 Å². The predicted molar refractivity (Wildman–Crippen MR) is 212 cm³/mol. The summed E-state index contributed by atoms with van der Waals surface area (Å²) in [5.41, 5.74) is 4.38. The number of hydrogen-bond donors (Lipinski definition) is 2. The number of nitrogens with zero attached hydrogens (tertiary/aromatic N) is 6. The Kier molecular flexibility index (Phi) is 21.2. The molecule has 0 fully saturated rings. The molecular formula is C36H32FeN6O6S4. The smallest absolute Gasteiger partial charge is 0.753 e. The Labute approximate surface area is 336 Å². The summed E-state index contributed by atoms with van der Waals surface area (Å²) in [6.07, 6.45) is 14.3. The van der Waals surface area contributed by atoms with Gasteiger partial charge in [-0.1, -0.05) is 24.4 Å². The Bertz CT molecular complexity index is 1720.